The van der Waals surface area contributed by atoms with Crippen LogP contribution in [0.3, 0.4) is 0 Å². The maximum Gasteiger partial charge on any atom is 0.126 e. The standard InChI is InChI=1S/C14H21FN2O/c1-9-7-12(16)5-6-17(9)10(2)13-4-3-11(15)8-14(13)18/h3-4,8-10,12,18H,5-7,16H2,1-2H3. The minimum atomic E-state index is -0.405. The van der Waals surface area contributed by atoms with Crippen molar-refractivity contribution in [3.63, 3.8) is 0 Å². The summed E-state index contributed by atoms with van der Waals surface area (Å²) >= 11 is 0. The fourth-order valence-corrected chi connectivity index (χ4v) is 2.85. The summed E-state index contributed by atoms with van der Waals surface area (Å²) in [6, 6.07) is 4.96. The van der Waals surface area contributed by atoms with E-state index in [-0.39, 0.29) is 17.8 Å². The first-order valence-corrected chi connectivity index (χ1v) is 6.48. The molecule has 1 saturated heterocycles. The average Bonchev–Trinajstić information content (AvgIpc) is 2.28. The van der Waals surface area contributed by atoms with Crippen LogP contribution in [0, 0.1) is 5.82 Å². The second-order valence-electron chi connectivity index (χ2n) is 5.25. The van der Waals surface area contributed by atoms with E-state index in [1.807, 2.05) is 6.92 Å². The predicted octanol–water partition coefficient (Wildman–Crippen LogP) is 2.40. The molecule has 100 valence electrons. The number of nitrogens with two attached hydrogens (primary N) is 1. The number of hydrogen-bond acceptors (Lipinski definition) is 3. The molecule has 1 fully saturated rings. The van der Waals surface area contributed by atoms with Crippen molar-refractivity contribution < 1.29 is 9.50 Å². The second-order valence-corrected chi connectivity index (χ2v) is 5.25. The van der Waals surface area contributed by atoms with Gasteiger partial charge in [0.1, 0.15) is 11.6 Å². The van der Waals surface area contributed by atoms with Crippen LogP contribution in [0.2, 0.25) is 0 Å². The third kappa shape index (κ3) is 2.65. The fraction of sp³-hybridized carbons (Fsp3) is 0.571. The average molecular weight is 252 g/mol. The lowest BCUT2D eigenvalue weighted by molar-refractivity contribution is 0.103. The number of hydrogen-bond donors (Lipinski definition) is 2. The number of likely N-dealkylation sites (tertiary alicyclic amines) is 1. The van der Waals surface area contributed by atoms with Crippen molar-refractivity contribution in [3.05, 3.63) is 29.6 Å². The molecule has 1 aromatic rings. The van der Waals surface area contributed by atoms with Gasteiger partial charge in [0.2, 0.25) is 0 Å². The largest absolute Gasteiger partial charge is 0.508 e. The van der Waals surface area contributed by atoms with Crippen LogP contribution in [0.15, 0.2) is 18.2 Å². The third-order valence-electron chi connectivity index (χ3n) is 3.91. The molecule has 0 saturated carbocycles. The van der Waals surface area contributed by atoms with E-state index in [1.165, 1.54) is 12.1 Å². The second kappa shape index (κ2) is 5.24. The van der Waals surface area contributed by atoms with Gasteiger partial charge in [-0.2, -0.15) is 0 Å². The van der Waals surface area contributed by atoms with E-state index in [9.17, 15) is 9.50 Å². The summed E-state index contributed by atoms with van der Waals surface area (Å²) in [6.45, 7) is 5.11. The Hall–Kier alpha value is -1.13. The molecule has 0 aliphatic carbocycles. The van der Waals surface area contributed by atoms with Gasteiger partial charge in [0.25, 0.3) is 0 Å². The number of rotatable bonds is 2. The Labute approximate surface area is 107 Å². The Balaban J connectivity index is 2.17. The Morgan fingerprint density at radius 3 is 2.83 bits per heavy atom. The molecule has 3 N–H and O–H groups in total. The van der Waals surface area contributed by atoms with Crippen LogP contribution in [0.5, 0.6) is 5.75 Å². The lowest BCUT2D eigenvalue weighted by atomic mass is 9.95. The van der Waals surface area contributed by atoms with E-state index in [4.69, 9.17) is 5.73 Å². The Bertz CT molecular complexity index is 424. The number of phenols is 1. The lowest BCUT2D eigenvalue weighted by Gasteiger charge is -2.40. The molecule has 1 aliphatic rings. The van der Waals surface area contributed by atoms with Crippen molar-refractivity contribution in [2.24, 2.45) is 5.73 Å². The molecule has 0 aromatic heterocycles. The van der Waals surface area contributed by atoms with Gasteiger partial charge in [-0.3, -0.25) is 4.90 Å². The Morgan fingerprint density at radius 2 is 2.22 bits per heavy atom. The highest BCUT2D eigenvalue weighted by Gasteiger charge is 2.28. The first kappa shape index (κ1) is 13.3. The normalized spacial score (nSPS) is 27.1. The summed E-state index contributed by atoms with van der Waals surface area (Å²) < 4.78 is 13.0. The van der Waals surface area contributed by atoms with Crippen LogP contribution in [0.4, 0.5) is 4.39 Å². The monoisotopic (exact) mass is 252 g/mol. The Morgan fingerprint density at radius 1 is 1.50 bits per heavy atom. The molecular weight excluding hydrogens is 231 g/mol. The van der Waals surface area contributed by atoms with Crippen molar-refractivity contribution in [1.29, 1.82) is 0 Å². The minimum absolute atomic E-state index is 0.0320. The number of phenolic OH excluding ortho intramolecular Hbond substituents is 1. The molecule has 0 spiro atoms. The zero-order valence-corrected chi connectivity index (χ0v) is 10.9. The summed E-state index contributed by atoms with van der Waals surface area (Å²) in [5, 5.41) is 9.84. The van der Waals surface area contributed by atoms with Crippen molar-refractivity contribution in [1.82, 2.24) is 4.90 Å². The van der Waals surface area contributed by atoms with Gasteiger partial charge in [-0.05, 0) is 32.8 Å². The van der Waals surface area contributed by atoms with E-state index >= 15 is 0 Å². The van der Waals surface area contributed by atoms with Gasteiger partial charge >= 0.3 is 0 Å². The van der Waals surface area contributed by atoms with Crippen LogP contribution in [-0.2, 0) is 0 Å². The molecule has 0 amide bonds. The van der Waals surface area contributed by atoms with Gasteiger partial charge in [0, 0.05) is 36.3 Å². The van der Waals surface area contributed by atoms with Crippen LogP contribution < -0.4 is 5.73 Å². The maximum absolute atomic E-state index is 13.0. The van der Waals surface area contributed by atoms with Crippen molar-refractivity contribution in [3.8, 4) is 5.75 Å². The molecule has 3 atom stereocenters. The number of piperidine rings is 1. The highest BCUT2D eigenvalue weighted by atomic mass is 19.1. The topological polar surface area (TPSA) is 49.5 Å². The van der Waals surface area contributed by atoms with E-state index in [1.54, 1.807) is 6.07 Å². The Kier molecular flexibility index (Phi) is 3.88. The molecule has 2 rings (SSSR count). The van der Waals surface area contributed by atoms with Crippen molar-refractivity contribution in [2.75, 3.05) is 6.54 Å². The molecule has 1 aliphatic heterocycles. The van der Waals surface area contributed by atoms with Gasteiger partial charge < -0.3 is 10.8 Å². The first-order valence-electron chi connectivity index (χ1n) is 6.48. The lowest BCUT2D eigenvalue weighted by Crippen LogP contribution is -2.46. The summed E-state index contributed by atoms with van der Waals surface area (Å²) in [4.78, 5) is 2.32. The summed E-state index contributed by atoms with van der Waals surface area (Å²) in [6.07, 6.45) is 1.93. The number of benzene rings is 1. The molecule has 1 aromatic carbocycles. The van der Waals surface area contributed by atoms with Gasteiger partial charge in [-0.15, -0.1) is 0 Å². The SMILES string of the molecule is CC1CC(N)CCN1C(C)c1ccc(F)cc1O. The highest BCUT2D eigenvalue weighted by molar-refractivity contribution is 5.35. The molecule has 0 radical (unpaired) electrons. The van der Waals surface area contributed by atoms with E-state index in [0.29, 0.717) is 6.04 Å². The number of aromatic hydroxyl groups is 1. The van der Waals surface area contributed by atoms with Gasteiger partial charge in [-0.1, -0.05) is 6.07 Å². The summed E-state index contributed by atoms with van der Waals surface area (Å²) in [5.41, 5.74) is 6.73. The molecule has 18 heavy (non-hydrogen) atoms. The maximum atomic E-state index is 13.0. The molecule has 4 heteroatoms. The smallest absolute Gasteiger partial charge is 0.126 e. The molecule has 0 bridgehead atoms. The van der Waals surface area contributed by atoms with Gasteiger partial charge in [0.15, 0.2) is 0 Å². The molecule has 3 unspecified atom stereocenters. The minimum Gasteiger partial charge on any atom is -0.508 e. The number of halogens is 1. The summed E-state index contributed by atoms with van der Waals surface area (Å²) in [7, 11) is 0. The quantitative estimate of drug-likeness (QED) is 0.849. The zero-order chi connectivity index (χ0) is 13.3. The third-order valence-corrected chi connectivity index (χ3v) is 3.91. The molecular formula is C14H21FN2O. The fourth-order valence-electron chi connectivity index (χ4n) is 2.85. The van der Waals surface area contributed by atoms with Gasteiger partial charge in [-0.25, -0.2) is 4.39 Å². The van der Waals surface area contributed by atoms with Crippen LogP contribution in [0.25, 0.3) is 0 Å². The van der Waals surface area contributed by atoms with Crippen LogP contribution in [0.1, 0.15) is 38.3 Å². The van der Waals surface area contributed by atoms with E-state index < -0.39 is 5.82 Å². The number of nitrogens with zero attached hydrogens (tertiary/aromatic N) is 1. The summed E-state index contributed by atoms with van der Waals surface area (Å²) in [5.74, 6) is -0.373. The van der Waals surface area contributed by atoms with Crippen LogP contribution in [-0.4, -0.2) is 28.6 Å². The molecule has 3 nitrogen and oxygen atoms in total. The highest BCUT2D eigenvalue weighted by Crippen LogP contribution is 2.32. The van der Waals surface area contributed by atoms with E-state index in [2.05, 4.69) is 11.8 Å². The first-order chi connectivity index (χ1) is 8.49. The predicted molar refractivity (Wildman–Crippen MR) is 69.9 cm³/mol. The zero-order valence-electron chi connectivity index (χ0n) is 10.9. The van der Waals surface area contributed by atoms with Crippen molar-refractivity contribution in [2.45, 2.75) is 44.8 Å². The van der Waals surface area contributed by atoms with E-state index in [0.717, 1.165) is 24.9 Å². The molecule has 1 heterocycles. The van der Waals surface area contributed by atoms with Crippen LogP contribution >= 0.6 is 0 Å². The van der Waals surface area contributed by atoms with Gasteiger partial charge in [0.05, 0.1) is 0 Å². The van der Waals surface area contributed by atoms with Crippen molar-refractivity contribution >= 4 is 0 Å².